The van der Waals surface area contributed by atoms with Gasteiger partial charge in [-0.05, 0) is 35.7 Å². The molecule has 1 aromatic heterocycles. The first-order chi connectivity index (χ1) is 14.1. The Balaban J connectivity index is 1.48. The van der Waals surface area contributed by atoms with Crippen molar-refractivity contribution in [3.05, 3.63) is 83.7 Å². The summed E-state index contributed by atoms with van der Waals surface area (Å²) in [5.74, 6) is 0.0510. The number of rotatable bonds is 6. The van der Waals surface area contributed by atoms with Gasteiger partial charge in [-0.3, -0.25) is 9.48 Å². The molecule has 1 aliphatic heterocycles. The molecule has 0 unspecified atom stereocenters. The molecule has 0 spiro atoms. The number of phenolic OH excluding ortho intramolecular Hbond substituents is 1. The van der Waals surface area contributed by atoms with Gasteiger partial charge in [0.05, 0.1) is 18.2 Å². The number of hydrogen-bond donors (Lipinski definition) is 1. The first-order valence-electron chi connectivity index (χ1n) is 9.82. The highest BCUT2D eigenvalue weighted by Gasteiger charge is 2.38. The first-order valence-corrected chi connectivity index (χ1v) is 9.82. The van der Waals surface area contributed by atoms with E-state index in [1.54, 1.807) is 23.2 Å². The zero-order valence-electron chi connectivity index (χ0n) is 16.4. The Morgan fingerprint density at radius 1 is 1.14 bits per heavy atom. The average molecular weight is 391 g/mol. The number of hydrogen-bond acceptors (Lipinski definition) is 4. The molecule has 1 amide bonds. The quantitative estimate of drug-likeness (QED) is 0.700. The molecule has 2 aromatic carbocycles. The fourth-order valence-corrected chi connectivity index (χ4v) is 3.84. The van der Waals surface area contributed by atoms with E-state index in [0.717, 1.165) is 16.8 Å². The molecule has 2 atom stereocenters. The van der Waals surface area contributed by atoms with Crippen molar-refractivity contribution < 1.29 is 14.6 Å². The van der Waals surface area contributed by atoms with Crippen molar-refractivity contribution in [2.75, 3.05) is 13.7 Å². The monoisotopic (exact) mass is 391 g/mol. The van der Waals surface area contributed by atoms with E-state index < -0.39 is 0 Å². The second kappa shape index (κ2) is 8.49. The summed E-state index contributed by atoms with van der Waals surface area (Å²) >= 11 is 0. The lowest BCUT2D eigenvalue weighted by molar-refractivity contribution is -0.136. The summed E-state index contributed by atoms with van der Waals surface area (Å²) in [6.07, 6.45) is 2.16. The average Bonchev–Trinajstić information content (AvgIpc) is 3.39. The fraction of sp³-hybridized carbons (Fsp3) is 0.304. The lowest BCUT2D eigenvalue weighted by Crippen LogP contribution is -2.34. The normalized spacial score (nSPS) is 18.7. The van der Waals surface area contributed by atoms with Gasteiger partial charge in [-0.2, -0.15) is 5.10 Å². The number of aromatic hydroxyl groups is 1. The molecule has 29 heavy (non-hydrogen) atoms. The van der Waals surface area contributed by atoms with Gasteiger partial charge in [-0.1, -0.05) is 42.5 Å². The summed E-state index contributed by atoms with van der Waals surface area (Å²) in [5, 5.41) is 13.9. The molecule has 0 bridgehead atoms. The van der Waals surface area contributed by atoms with Crippen molar-refractivity contribution in [2.45, 2.75) is 25.6 Å². The Bertz CT molecular complexity index is 953. The number of aromatic nitrogens is 2. The van der Waals surface area contributed by atoms with Gasteiger partial charge < -0.3 is 14.7 Å². The van der Waals surface area contributed by atoms with Crippen LogP contribution in [0.2, 0.25) is 0 Å². The number of carbonyl (C=O) groups is 1. The molecule has 1 N–H and O–H groups in total. The Hall–Kier alpha value is -3.12. The Morgan fingerprint density at radius 3 is 2.66 bits per heavy atom. The second-order valence-corrected chi connectivity index (χ2v) is 7.45. The highest BCUT2D eigenvalue weighted by Crippen LogP contribution is 2.36. The molecule has 1 saturated heterocycles. The third-order valence-electron chi connectivity index (χ3n) is 5.36. The minimum Gasteiger partial charge on any atom is -0.508 e. The Kier molecular flexibility index (Phi) is 5.62. The summed E-state index contributed by atoms with van der Waals surface area (Å²) in [5.41, 5.74) is 3.06. The van der Waals surface area contributed by atoms with E-state index in [-0.39, 0.29) is 23.7 Å². The van der Waals surface area contributed by atoms with Gasteiger partial charge in [0.25, 0.3) is 0 Å². The summed E-state index contributed by atoms with van der Waals surface area (Å²) in [6.45, 7) is 1.70. The highest BCUT2D eigenvalue weighted by molar-refractivity contribution is 5.79. The predicted octanol–water partition coefficient (Wildman–Crippen LogP) is 3.37. The van der Waals surface area contributed by atoms with E-state index in [2.05, 4.69) is 17.2 Å². The van der Waals surface area contributed by atoms with Gasteiger partial charge in [0.1, 0.15) is 11.9 Å². The van der Waals surface area contributed by atoms with Crippen LogP contribution in [-0.4, -0.2) is 39.3 Å². The molecule has 6 heteroatoms. The smallest absolute Gasteiger partial charge is 0.228 e. The molecule has 1 aliphatic rings. The lowest BCUT2D eigenvalue weighted by atomic mass is 9.97. The summed E-state index contributed by atoms with van der Waals surface area (Å²) in [4.78, 5) is 14.9. The van der Waals surface area contributed by atoms with Crippen LogP contribution in [0.1, 0.15) is 29.3 Å². The van der Waals surface area contributed by atoms with Crippen LogP contribution >= 0.6 is 0 Å². The van der Waals surface area contributed by atoms with Crippen molar-refractivity contribution >= 4 is 5.91 Å². The van der Waals surface area contributed by atoms with E-state index in [1.165, 1.54) is 0 Å². The topological polar surface area (TPSA) is 67.6 Å². The van der Waals surface area contributed by atoms with Gasteiger partial charge in [0.2, 0.25) is 5.91 Å². The molecule has 6 nitrogen and oxygen atoms in total. The molecular weight excluding hydrogens is 366 g/mol. The van der Waals surface area contributed by atoms with Crippen molar-refractivity contribution in [3.8, 4) is 5.75 Å². The van der Waals surface area contributed by atoms with Crippen LogP contribution in [0, 0.1) is 5.92 Å². The van der Waals surface area contributed by atoms with Crippen LogP contribution in [0.5, 0.6) is 5.75 Å². The lowest BCUT2D eigenvalue weighted by Gasteiger charge is -2.25. The molecule has 2 heterocycles. The first kappa shape index (κ1) is 19.2. The number of amides is 1. The third-order valence-corrected chi connectivity index (χ3v) is 5.36. The number of phenols is 1. The summed E-state index contributed by atoms with van der Waals surface area (Å²) < 4.78 is 7.91. The maximum absolute atomic E-state index is 13.2. The van der Waals surface area contributed by atoms with Gasteiger partial charge in [-0.15, -0.1) is 0 Å². The molecule has 0 aliphatic carbocycles. The van der Waals surface area contributed by atoms with Crippen molar-refractivity contribution in [1.29, 1.82) is 0 Å². The van der Waals surface area contributed by atoms with Crippen LogP contribution in [0.15, 0.2) is 66.9 Å². The van der Waals surface area contributed by atoms with Gasteiger partial charge >= 0.3 is 0 Å². The van der Waals surface area contributed by atoms with E-state index in [1.807, 2.05) is 48.1 Å². The second-order valence-electron chi connectivity index (χ2n) is 7.45. The molecule has 3 aromatic rings. The molecule has 4 rings (SSSR count). The van der Waals surface area contributed by atoms with Crippen molar-refractivity contribution in [2.24, 2.45) is 5.92 Å². The van der Waals surface area contributed by atoms with E-state index in [9.17, 15) is 9.90 Å². The van der Waals surface area contributed by atoms with Crippen molar-refractivity contribution in [3.63, 3.8) is 0 Å². The zero-order valence-corrected chi connectivity index (χ0v) is 16.4. The zero-order chi connectivity index (χ0) is 20.2. The number of carbonyl (C=O) groups excluding carboxylic acids is 1. The SMILES string of the molecule is CN(Cc1ccc(O)cc1)C(=O)[C@H]1CCO[C@@H]1c1ccnn1Cc1ccccc1. The van der Waals surface area contributed by atoms with E-state index >= 15 is 0 Å². The van der Waals surface area contributed by atoms with Crippen LogP contribution in [0.25, 0.3) is 0 Å². The molecular formula is C23H25N3O3. The minimum atomic E-state index is -0.295. The van der Waals surface area contributed by atoms with Crippen LogP contribution in [-0.2, 0) is 22.6 Å². The van der Waals surface area contributed by atoms with Crippen LogP contribution in [0.4, 0.5) is 0 Å². The Labute approximate surface area is 170 Å². The molecule has 1 fully saturated rings. The van der Waals surface area contributed by atoms with Crippen LogP contribution < -0.4 is 0 Å². The minimum absolute atomic E-state index is 0.0630. The third kappa shape index (κ3) is 4.32. The number of ether oxygens (including phenoxy) is 1. The fourth-order valence-electron chi connectivity index (χ4n) is 3.84. The molecule has 0 radical (unpaired) electrons. The standard InChI is InChI=1S/C23H25N3O3/c1-25(15-18-7-9-19(27)10-8-18)23(28)20-12-14-29-22(20)21-11-13-24-26(21)16-17-5-3-2-4-6-17/h2-11,13,20,22,27H,12,14-16H2,1H3/t20-,22-/m0/s1. The van der Waals surface area contributed by atoms with Gasteiger partial charge in [0.15, 0.2) is 0 Å². The highest BCUT2D eigenvalue weighted by atomic mass is 16.5. The van der Waals surface area contributed by atoms with Crippen molar-refractivity contribution in [1.82, 2.24) is 14.7 Å². The predicted molar refractivity (Wildman–Crippen MR) is 109 cm³/mol. The van der Waals surface area contributed by atoms with E-state index in [0.29, 0.717) is 26.1 Å². The largest absolute Gasteiger partial charge is 0.508 e. The maximum Gasteiger partial charge on any atom is 0.228 e. The Morgan fingerprint density at radius 2 is 1.90 bits per heavy atom. The molecule has 150 valence electrons. The van der Waals surface area contributed by atoms with Crippen LogP contribution in [0.3, 0.4) is 0 Å². The van der Waals surface area contributed by atoms with E-state index in [4.69, 9.17) is 4.74 Å². The summed E-state index contributed by atoms with van der Waals surface area (Å²) in [7, 11) is 1.81. The number of nitrogens with zero attached hydrogens (tertiary/aromatic N) is 3. The summed E-state index contributed by atoms with van der Waals surface area (Å²) in [6, 6.07) is 19.0. The van der Waals surface area contributed by atoms with Gasteiger partial charge in [0, 0.05) is 26.4 Å². The number of benzene rings is 2. The molecule has 0 saturated carbocycles. The maximum atomic E-state index is 13.2. The van der Waals surface area contributed by atoms with Gasteiger partial charge in [-0.25, -0.2) is 0 Å².